The van der Waals surface area contributed by atoms with E-state index in [9.17, 15) is 0 Å². The lowest BCUT2D eigenvalue weighted by Crippen LogP contribution is -2.16. The van der Waals surface area contributed by atoms with Crippen LogP contribution in [0, 0.1) is 0 Å². The van der Waals surface area contributed by atoms with Gasteiger partial charge in [-0.25, -0.2) is 0 Å². The SMILES string of the molecule is CC1(C)c2cc(Nc3ccc4c(c3)C(C)(C)c3cc(-c5ccccc5)c5ccccc5c3-4)ccc2-c2c1cc(-c1ccccc1)c1ccccc21. The quantitative estimate of drug-likeness (QED) is 0.199. The van der Waals surface area contributed by atoms with Crippen LogP contribution in [0.4, 0.5) is 11.4 Å². The summed E-state index contributed by atoms with van der Waals surface area (Å²) in [6.45, 7) is 9.53. The second-order valence-electron chi connectivity index (χ2n) is 15.4. The van der Waals surface area contributed by atoms with E-state index in [4.69, 9.17) is 0 Å². The van der Waals surface area contributed by atoms with Gasteiger partial charge in [-0.1, -0.05) is 149 Å². The van der Waals surface area contributed by atoms with E-state index in [1.54, 1.807) is 0 Å². The Balaban J connectivity index is 1.05. The lowest BCUT2D eigenvalue weighted by molar-refractivity contribution is 0.661. The van der Waals surface area contributed by atoms with Crippen LogP contribution < -0.4 is 5.32 Å². The third kappa shape index (κ3) is 4.34. The van der Waals surface area contributed by atoms with Crippen molar-refractivity contribution in [2.45, 2.75) is 38.5 Å². The molecule has 0 heterocycles. The van der Waals surface area contributed by atoms with Crippen LogP contribution in [-0.2, 0) is 10.8 Å². The lowest BCUT2D eigenvalue weighted by Gasteiger charge is -2.24. The number of hydrogen-bond acceptors (Lipinski definition) is 1. The Hall–Kier alpha value is -5.92. The highest BCUT2D eigenvalue weighted by Crippen LogP contribution is 2.55. The molecular formula is C50H39N. The first-order valence-corrected chi connectivity index (χ1v) is 18.1. The Morgan fingerprint density at radius 1 is 0.333 bits per heavy atom. The molecule has 0 fully saturated rings. The minimum atomic E-state index is -0.144. The molecular weight excluding hydrogens is 615 g/mol. The maximum absolute atomic E-state index is 3.84. The molecule has 0 saturated carbocycles. The number of nitrogens with one attached hydrogen (secondary N) is 1. The molecule has 0 radical (unpaired) electrons. The minimum absolute atomic E-state index is 0.144. The third-order valence-electron chi connectivity index (χ3n) is 11.8. The summed E-state index contributed by atoms with van der Waals surface area (Å²) < 4.78 is 0. The Kier molecular flexibility index (Phi) is 6.34. The fourth-order valence-corrected chi connectivity index (χ4v) is 9.20. The maximum atomic E-state index is 3.84. The van der Waals surface area contributed by atoms with Crippen LogP contribution in [-0.4, -0.2) is 0 Å². The molecule has 1 nitrogen and oxygen atoms in total. The van der Waals surface area contributed by atoms with Crippen molar-refractivity contribution >= 4 is 32.9 Å². The summed E-state index contributed by atoms with van der Waals surface area (Å²) in [5, 5.41) is 9.10. The van der Waals surface area contributed by atoms with Crippen LogP contribution in [0.15, 0.2) is 158 Å². The van der Waals surface area contributed by atoms with Gasteiger partial charge in [-0.05, 0) is 125 Å². The molecule has 244 valence electrons. The molecule has 2 aliphatic carbocycles. The molecule has 2 aliphatic rings. The van der Waals surface area contributed by atoms with E-state index in [1.165, 1.54) is 88.3 Å². The molecule has 10 rings (SSSR count). The van der Waals surface area contributed by atoms with E-state index in [2.05, 4.69) is 191 Å². The highest BCUT2D eigenvalue weighted by molar-refractivity contribution is 6.10. The summed E-state index contributed by atoms with van der Waals surface area (Å²) in [6.07, 6.45) is 0. The van der Waals surface area contributed by atoms with Gasteiger partial charge >= 0.3 is 0 Å². The molecule has 0 unspecified atom stereocenters. The van der Waals surface area contributed by atoms with Crippen molar-refractivity contribution in [3.63, 3.8) is 0 Å². The molecule has 1 heteroatoms. The van der Waals surface area contributed by atoms with Gasteiger partial charge in [0.1, 0.15) is 0 Å². The van der Waals surface area contributed by atoms with Crippen LogP contribution >= 0.6 is 0 Å². The molecule has 0 amide bonds. The normalized spacial score (nSPS) is 14.6. The molecule has 1 N–H and O–H groups in total. The fraction of sp³-hybridized carbons (Fsp3) is 0.120. The van der Waals surface area contributed by atoms with Crippen LogP contribution in [0.25, 0.3) is 66.1 Å². The first kappa shape index (κ1) is 29.9. The van der Waals surface area contributed by atoms with Gasteiger partial charge in [0.25, 0.3) is 0 Å². The van der Waals surface area contributed by atoms with Crippen molar-refractivity contribution in [2.24, 2.45) is 0 Å². The first-order chi connectivity index (χ1) is 24.8. The number of fused-ring (bicyclic) bond motifs is 10. The van der Waals surface area contributed by atoms with E-state index in [1.807, 2.05) is 0 Å². The van der Waals surface area contributed by atoms with E-state index in [-0.39, 0.29) is 10.8 Å². The summed E-state index contributed by atoms with van der Waals surface area (Å²) >= 11 is 0. The second-order valence-corrected chi connectivity index (χ2v) is 15.4. The van der Waals surface area contributed by atoms with Gasteiger partial charge in [-0.3, -0.25) is 0 Å². The van der Waals surface area contributed by atoms with Gasteiger partial charge in [0.05, 0.1) is 0 Å². The van der Waals surface area contributed by atoms with Crippen LogP contribution in [0.3, 0.4) is 0 Å². The zero-order valence-corrected chi connectivity index (χ0v) is 29.5. The van der Waals surface area contributed by atoms with Gasteiger partial charge in [0.2, 0.25) is 0 Å². The molecule has 51 heavy (non-hydrogen) atoms. The van der Waals surface area contributed by atoms with Crippen molar-refractivity contribution < 1.29 is 0 Å². The Bertz CT molecular complexity index is 2510. The number of rotatable bonds is 4. The standard InChI is InChI=1S/C50H39N/c1-49(2)43-27-33(23-25-39(43)47-37-21-13-11-19-35(37)41(29-45(47)49)31-15-7-5-8-16-31)51-34-24-26-40-44(28-34)50(3,4)46-30-42(32-17-9-6-10-18-32)36-20-12-14-22-38(36)48(40)46/h5-30,51H,1-4H3. The topological polar surface area (TPSA) is 12.0 Å². The number of anilines is 2. The summed E-state index contributed by atoms with van der Waals surface area (Å²) in [6, 6.07) is 58.4. The largest absolute Gasteiger partial charge is 0.356 e. The van der Waals surface area contributed by atoms with Crippen LogP contribution in [0.2, 0.25) is 0 Å². The summed E-state index contributed by atoms with van der Waals surface area (Å²) in [5.74, 6) is 0. The number of hydrogen-bond donors (Lipinski definition) is 1. The van der Waals surface area contributed by atoms with Gasteiger partial charge in [-0.2, -0.15) is 0 Å². The smallest absolute Gasteiger partial charge is 0.0387 e. The van der Waals surface area contributed by atoms with E-state index >= 15 is 0 Å². The molecule has 0 aliphatic heterocycles. The van der Waals surface area contributed by atoms with Crippen molar-refractivity contribution in [1.29, 1.82) is 0 Å². The van der Waals surface area contributed by atoms with Crippen molar-refractivity contribution in [3.05, 3.63) is 180 Å². The van der Waals surface area contributed by atoms with E-state index in [0.717, 1.165) is 11.4 Å². The van der Waals surface area contributed by atoms with Crippen molar-refractivity contribution in [2.75, 3.05) is 5.32 Å². The van der Waals surface area contributed by atoms with Gasteiger partial charge in [0, 0.05) is 22.2 Å². The molecule has 0 spiro atoms. The molecule has 0 atom stereocenters. The Morgan fingerprint density at radius 2 is 0.706 bits per heavy atom. The third-order valence-corrected chi connectivity index (χ3v) is 11.8. The predicted octanol–water partition coefficient (Wildman–Crippen LogP) is 13.7. The predicted molar refractivity (Wildman–Crippen MR) is 217 cm³/mol. The van der Waals surface area contributed by atoms with Gasteiger partial charge in [0.15, 0.2) is 0 Å². The highest BCUT2D eigenvalue weighted by atomic mass is 14.9. The van der Waals surface area contributed by atoms with E-state index < -0.39 is 0 Å². The zero-order valence-electron chi connectivity index (χ0n) is 29.5. The second kappa shape index (κ2) is 10.8. The molecule has 8 aromatic carbocycles. The maximum Gasteiger partial charge on any atom is 0.0387 e. The summed E-state index contributed by atoms with van der Waals surface area (Å²) in [5.41, 5.74) is 18.0. The molecule has 8 aromatic rings. The van der Waals surface area contributed by atoms with Crippen LogP contribution in [0.1, 0.15) is 49.9 Å². The fourth-order valence-electron chi connectivity index (χ4n) is 9.20. The van der Waals surface area contributed by atoms with Gasteiger partial charge in [-0.15, -0.1) is 0 Å². The average Bonchev–Trinajstić information content (AvgIpc) is 3.53. The summed E-state index contributed by atoms with van der Waals surface area (Å²) in [7, 11) is 0. The molecule has 0 aromatic heterocycles. The first-order valence-electron chi connectivity index (χ1n) is 18.1. The Morgan fingerprint density at radius 3 is 1.12 bits per heavy atom. The Labute approximate surface area is 300 Å². The molecule has 0 bridgehead atoms. The lowest BCUT2D eigenvalue weighted by atomic mass is 9.80. The molecule has 0 saturated heterocycles. The van der Waals surface area contributed by atoms with Crippen molar-refractivity contribution in [3.8, 4) is 44.5 Å². The summed E-state index contributed by atoms with van der Waals surface area (Å²) in [4.78, 5) is 0. The monoisotopic (exact) mass is 653 g/mol. The van der Waals surface area contributed by atoms with Crippen LogP contribution in [0.5, 0.6) is 0 Å². The van der Waals surface area contributed by atoms with Crippen molar-refractivity contribution in [1.82, 2.24) is 0 Å². The zero-order chi connectivity index (χ0) is 34.5. The number of benzene rings is 8. The van der Waals surface area contributed by atoms with E-state index in [0.29, 0.717) is 0 Å². The minimum Gasteiger partial charge on any atom is -0.356 e. The highest BCUT2D eigenvalue weighted by Gasteiger charge is 2.39. The van der Waals surface area contributed by atoms with Gasteiger partial charge < -0.3 is 5.32 Å². The average molecular weight is 654 g/mol.